The van der Waals surface area contributed by atoms with Gasteiger partial charge in [-0.05, 0) is 45.3 Å². The fraction of sp³-hybridized carbons (Fsp3) is 0.714. The van der Waals surface area contributed by atoms with Crippen LogP contribution in [-0.2, 0) is 12.8 Å². The topological polar surface area (TPSA) is 37.8 Å². The molecule has 6 heteroatoms. The third-order valence-corrected chi connectivity index (χ3v) is 3.08. The van der Waals surface area contributed by atoms with E-state index in [0.29, 0.717) is 0 Å². The van der Waals surface area contributed by atoms with E-state index in [-0.39, 0.29) is 12.2 Å². The SMILES string of the molecule is CCCNCCc1c(C)nc(CCC(F)(F)F)nc1C. The van der Waals surface area contributed by atoms with Crippen LogP contribution in [0.4, 0.5) is 13.2 Å². The van der Waals surface area contributed by atoms with Crippen molar-refractivity contribution in [2.75, 3.05) is 13.1 Å². The van der Waals surface area contributed by atoms with E-state index >= 15 is 0 Å². The highest BCUT2D eigenvalue weighted by Gasteiger charge is 2.27. The maximum Gasteiger partial charge on any atom is 0.389 e. The van der Waals surface area contributed by atoms with Crippen LogP contribution in [0.2, 0.25) is 0 Å². The predicted molar refractivity (Wildman–Crippen MR) is 72.7 cm³/mol. The minimum absolute atomic E-state index is 0.153. The Balaban J connectivity index is 2.66. The molecule has 0 radical (unpaired) electrons. The summed E-state index contributed by atoms with van der Waals surface area (Å²) in [7, 11) is 0. The van der Waals surface area contributed by atoms with Crippen LogP contribution in [0.25, 0.3) is 0 Å². The van der Waals surface area contributed by atoms with Gasteiger partial charge >= 0.3 is 6.18 Å². The van der Waals surface area contributed by atoms with Gasteiger partial charge in [0.05, 0.1) is 6.42 Å². The zero-order valence-corrected chi connectivity index (χ0v) is 12.3. The molecule has 0 aromatic carbocycles. The Kier molecular flexibility index (Phi) is 6.39. The normalized spacial score (nSPS) is 11.9. The molecule has 114 valence electrons. The van der Waals surface area contributed by atoms with Gasteiger partial charge in [0.25, 0.3) is 0 Å². The van der Waals surface area contributed by atoms with Crippen LogP contribution >= 0.6 is 0 Å². The molecule has 1 heterocycles. The molecule has 1 rings (SSSR count). The average Bonchev–Trinajstić information content (AvgIpc) is 2.34. The largest absolute Gasteiger partial charge is 0.389 e. The number of rotatable bonds is 7. The van der Waals surface area contributed by atoms with E-state index in [0.717, 1.165) is 42.9 Å². The predicted octanol–water partition coefficient (Wildman–Crippen LogP) is 3.13. The van der Waals surface area contributed by atoms with E-state index in [1.165, 1.54) is 0 Å². The zero-order chi connectivity index (χ0) is 15.2. The summed E-state index contributed by atoms with van der Waals surface area (Å²) < 4.78 is 36.6. The van der Waals surface area contributed by atoms with Gasteiger partial charge in [-0.1, -0.05) is 6.92 Å². The van der Waals surface area contributed by atoms with Crippen LogP contribution in [0.3, 0.4) is 0 Å². The Labute approximate surface area is 118 Å². The average molecular weight is 289 g/mol. The molecule has 0 saturated carbocycles. The number of hydrogen-bond donors (Lipinski definition) is 1. The summed E-state index contributed by atoms with van der Waals surface area (Å²) in [5.41, 5.74) is 2.60. The number of aromatic nitrogens is 2. The van der Waals surface area contributed by atoms with Crippen molar-refractivity contribution in [1.29, 1.82) is 0 Å². The van der Waals surface area contributed by atoms with Crippen molar-refractivity contribution < 1.29 is 13.2 Å². The minimum atomic E-state index is -4.16. The van der Waals surface area contributed by atoms with Gasteiger partial charge in [-0.25, -0.2) is 9.97 Å². The number of aryl methyl sites for hydroxylation is 3. The quantitative estimate of drug-likeness (QED) is 0.784. The maximum absolute atomic E-state index is 12.2. The lowest BCUT2D eigenvalue weighted by molar-refractivity contribution is -0.134. The highest BCUT2D eigenvalue weighted by atomic mass is 19.4. The lowest BCUT2D eigenvalue weighted by Gasteiger charge is -2.12. The Morgan fingerprint density at radius 2 is 1.60 bits per heavy atom. The summed E-state index contributed by atoms with van der Waals surface area (Å²) in [6.07, 6.45) is -3.31. The highest BCUT2D eigenvalue weighted by molar-refractivity contribution is 5.24. The zero-order valence-electron chi connectivity index (χ0n) is 12.3. The van der Waals surface area contributed by atoms with E-state index in [1.54, 1.807) is 0 Å². The van der Waals surface area contributed by atoms with Crippen LogP contribution in [0.15, 0.2) is 0 Å². The van der Waals surface area contributed by atoms with Crippen molar-refractivity contribution in [3.8, 4) is 0 Å². The fourth-order valence-corrected chi connectivity index (χ4v) is 2.05. The second-order valence-corrected chi connectivity index (χ2v) is 4.90. The molecule has 0 aliphatic heterocycles. The number of nitrogens with zero attached hydrogens (tertiary/aromatic N) is 2. The van der Waals surface area contributed by atoms with Crippen molar-refractivity contribution in [1.82, 2.24) is 15.3 Å². The third kappa shape index (κ3) is 5.86. The van der Waals surface area contributed by atoms with Crippen molar-refractivity contribution in [3.63, 3.8) is 0 Å². The monoisotopic (exact) mass is 289 g/mol. The standard InChI is InChI=1S/C14H22F3N3/c1-4-8-18-9-6-12-10(2)19-13(20-11(12)3)5-7-14(15,16)17/h18H,4-9H2,1-3H3. The molecule has 1 aromatic rings. The van der Waals surface area contributed by atoms with Crippen molar-refractivity contribution in [3.05, 3.63) is 22.8 Å². The fourth-order valence-electron chi connectivity index (χ4n) is 2.05. The lowest BCUT2D eigenvalue weighted by atomic mass is 10.1. The van der Waals surface area contributed by atoms with Gasteiger partial charge in [-0.3, -0.25) is 0 Å². The molecule has 0 amide bonds. The molecule has 0 unspecified atom stereocenters. The molecule has 3 nitrogen and oxygen atoms in total. The smallest absolute Gasteiger partial charge is 0.316 e. The van der Waals surface area contributed by atoms with E-state index in [1.807, 2.05) is 13.8 Å². The van der Waals surface area contributed by atoms with Gasteiger partial charge in [0.2, 0.25) is 0 Å². The third-order valence-electron chi connectivity index (χ3n) is 3.08. The minimum Gasteiger partial charge on any atom is -0.316 e. The van der Waals surface area contributed by atoms with Gasteiger partial charge in [-0.2, -0.15) is 13.2 Å². The van der Waals surface area contributed by atoms with E-state index in [4.69, 9.17) is 0 Å². The van der Waals surface area contributed by atoms with E-state index in [9.17, 15) is 13.2 Å². The summed E-state index contributed by atoms with van der Waals surface area (Å²) >= 11 is 0. The number of alkyl halides is 3. The van der Waals surface area contributed by atoms with Gasteiger partial charge in [0.1, 0.15) is 5.82 Å². The number of hydrogen-bond acceptors (Lipinski definition) is 3. The lowest BCUT2D eigenvalue weighted by Crippen LogP contribution is -2.19. The molecule has 0 saturated heterocycles. The molecule has 1 aromatic heterocycles. The Morgan fingerprint density at radius 3 is 2.10 bits per heavy atom. The first-order valence-electron chi connectivity index (χ1n) is 6.94. The molecule has 1 N–H and O–H groups in total. The molecule has 20 heavy (non-hydrogen) atoms. The summed E-state index contributed by atoms with van der Waals surface area (Å²) in [5.74, 6) is 0.280. The van der Waals surface area contributed by atoms with Crippen LogP contribution in [0.1, 0.15) is 42.5 Å². The van der Waals surface area contributed by atoms with Crippen molar-refractivity contribution in [2.24, 2.45) is 0 Å². The first kappa shape index (κ1) is 16.9. The van der Waals surface area contributed by atoms with Gasteiger partial charge < -0.3 is 5.32 Å². The number of halogens is 3. The molecule has 0 spiro atoms. The molecule has 0 atom stereocenters. The number of nitrogens with one attached hydrogen (secondary N) is 1. The highest BCUT2D eigenvalue weighted by Crippen LogP contribution is 2.21. The summed E-state index contributed by atoms with van der Waals surface area (Å²) in [6.45, 7) is 7.56. The van der Waals surface area contributed by atoms with E-state index < -0.39 is 12.6 Å². The van der Waals surface area contributed by atoms with Gasteiger partial charge in [-0.15, -0.1) is 0 Å². The van der Waals surface area contributed by atoms with Crippen LogP contribution < -0.4 is 5.32 Å². The van der Waals surface area contributed by atoms with Crippen LogP contribution in [-0.4, -0.2) is 29.2 Å². The van der Waals surface area contributed by atoms with Crippen LogP contribution in [0.5, 0.6) is 0 Å². The molecular formula is C14H22F3N3. The molecule has 0 aliphatic carbocycles. The Bertz CT molecular complexity index is 407. The molecule has 0 fully saturated rings. The first-order chi connectivity index (χ1) is 9.33. The summed E-state index contributed by atoms with van der Waals surface area (Å²) in [6, 6.07) is 0. The first-order valence-corrected chi connectivity index (χ1v) is 6.94. The second-order valence-electron chi connectivity index (χ2n) is 4.90. The summed E-state index contributed by atoms with van der Waals surface area (Å²) in [5, 5.41) is 3.29. The maximum atomic E-state index is 12.2. The Morgan fingerprint density at radius 1 is 1.00 bits per heavy atom. The molecule has 0 aliphatic rings. The summed E-state index contributed by atoms with van der Waals surface area (Å²) in [4.78, 5) is 8.39. The van der Waals surface area contributed by atoms with Crippen molar-refractivity contribution in [2.45, 2.75) is 52.6 Å². The second kappa shape index (κ2) is 7.57. The van der Waals surface area contributed by atoms with Gasteiger partial charge in [0, 0.05) is 17.8 Å². The molecule has 0 bridgehead atoms. The van der Waals surface area contributed by atoms with Crippen molar-refractivity contribution >= 4 is 0 Å². The van der Waals surface area contributed by atoms with E-state index in [2.05, 4.69) is 22.2 Å². The van der Waals surface area contributed by atoms with Gasteiger partial charge in [0.15, 0.2) is 0 Å². The van der Waals surface area contributed by atoms with Crippen LogP contribution in [0, 0.1) is 13.8 Å². The Hall–Kier alpha value is -1.17. The molecular weight excluding hydrogens is 267 g/mol.